The van der Waals surface area contributed by atoms with E-state index in [-0.39, 0.29) is 0 Å². The average molecular weight is 265 g/mol. The molecular formula is C11H19B9O. The molecule has 0 heterocycles. The van der Waals surface area contributed by atoms with Gasteiger partial charge in [-0.3, -0.25) is 0 Å². The zero-order valence-corrected chi connectivity index (χ0v) is 13.5. The van der Waals surface area contributed by atoms with E-state index in [1.165, 1.54) is 21.5 Å². The van der Waals surface area contributed by atoms with Crippen molar-refractivity contribution in [2.45, 2.75) is 27.0 Å². The quantitative estimate of drug-likeness (QED) is 0.430. The van der Waals surface area contributed by atoms with Crippen LogP contribution in [0, 0.1) is 0 Å². The highest BCUT2D eigenvalue weighted by Crippen LogP contribution is 1.73. The van der Waals surface area contributed by atoms with Crippen molar-refractivity contribution in [2.75, 3.05) is 6.61 Å². The van der Waals surface area contributed by atoms with Gasteiger partial charge in [-0.15, -0.1) is 35.9 Å². The molecule has 21 heavy (non-hydrogen) atoms. The number of hydrogen-bond donors (Lipinski definition) is 0. The molecule has 0 amide bonds. The van der Waals surface area contributed by atoms with Crippen LogP contribution in [-0.4, -0.2) is 73.4 Å². The highest BCUT2D eigenvalue weighted by Gasteiger charge is 1.78. The summed E-state index contributed by atoms with van der Waals surface area (Å²) in [5.74, 6) is 10.8. The number of rotatable bonds is 9. The van der Waals surface area contributed by atoms with E-state index in [2.05, 4.69) is 6.92 Å². The zero-order valence-electron chi connectivity index (χ0n) is 13.5. The fraction of sp³-hybridized carbons (Fsp3) is 0.455. The highest BCUT2D eigenvalue weighted by molar-refractivity contribution is 6.93. The third-order valence-corrected chi connectivity index (χ3v) is 1.57. The second kappa shape index (κ2) is 31.9. The van der Waals surface area contributed by atoms with Gasteiger partial charge < -0.3 is 4.65 Å². The van der Waals surface area contributed by atoms with Crippen molar-refractivity contribution >= 4 is 66.8 Å². The first kappa shape index (κ1) is 25.7. The van der Waals surface area contributed by atoms with Crippen LogP contribution in [-0.2, 0) is 4.65 Å². The van der Waals surface area contributed by atoms with Crippen molar-refractivity contribution in [3.05, 3.63) is 35.9 Å². The molecule has 96 valence electrons. The van der Waals surface area contributed by atoms with Crippen LogP contribution in [0.2, 0.25) is 13.1 Å². The summed E-state index contributed by atoms with van der Waals surface area (Å²) >= 11 is 0. The van der Waals surface area contributed by atoms with Gasteiger partial charge in [0.15, 0.2) is 0 Å². The summed E-state index contributed by atoms with van der Waals surface area (Å²) in [4.78, 5) is 0. The molecule has 0 aromatic carbocycles. The van der Waals surface area contributed by atoms with E-state index in [9.17, 15) is 0 Å². The largest absolute Gasteiger partial charge is 0.435 e. The fourth-order valence-corrected chi connectivity index (χ4v) is 0.715. The summed E-state index contributed by atoms with van der Waals surface area (Å²) in [6, 6.07) is 0. The lowest BCUT2D eigenvalue weighted by Crippen LogP contribution is -1.94. The molecule has 0 aliphatic heterocycles. The molecule has 1 nitrogen and oxygen atoms in total. The predicted molar refractivity (Wildman–Crippen MR) is 107 cm³/mol. The molecule has 12 radical (unpaired) electrons. The third-order valence-electron chi connectivity index (χ3n) is 1.57. The minimum Gasteiger partial charge on any atom is -0.435 e. The van der Waals surface area contributed by atoms with E-state index in [1.54, 1.807) is 25.4 Å². The summed E-state index contributed by atoms with van der Waals surface area (Å²) in [5.41, 5.74) is 0. The molecule has 0 spiro atoms. The van der Waals surface area contributed by atoms with Crippen molar-refractivity contribution < 1.29 is 4.65 Å². The summed E-state index contributed by atoms with van der Waals surface area (Å²) in [6.45, 7) is 6.66. The molecule has 0 aromatic rings. The molecule has 0 aliphatic carbocycles. The van der Waals surface area contributed by atoms with Crippen molar-refractivity contribution in [3.63, 3.8) is 0 Å². The lowest BCUT2D eigenvalue weighted by atomic mass is 9.54. The zero-order chi connectivity index (χ0) is 16.6. The van der Waals surface area contributed by atoms with E-state index in [1.807, 2.05) is 46.2 Å². The Labute approximate surface area is 141 Å². The molecule has 0 fully saturated rings. The molecule has 0 saturated heterocycles. The SMILES string of the molecule is [B][B]/C=C/[B]C.[B][B]/C=C/[B]CC.[B][B]/C=C/[B]OCC. The minimum absolute atomic E-state index is 0.703. The molecule has 0 aromatic heterocycles. The summed E-state index contributed by atoms with van der Waals surface area (Å²) in [5, 5.41) is 0. The van der Waals surface area contributed by atoms with Crippen LogP contribution < -0.4 is 0 Å². The first-order valence-electron chi connectivity index (χ1n) is 6.92. The second-order valence-corrected chi connectivity index (χ2v) is 3.30. The summed E-state index contributed by atoms with van der Waals surface area (Å²) in [6.07, 6.45) is 1.07. The topological polar surface area (TPSA) is 9.23 Å². The first-order valence-corrected chi connectivity index (χ1v) is 6.92. The summed E-state index contributed by atoms with van der Waals surface area (Å²) in [7, 11) is 25.1. The smallest absolute Gasteiger partial charge is 0.320 e. The van der Waals surface area contributed by atoms with Crippen LogP contribution in [0.5, 0.6) is 0 Å². The third kappa shape index (κ3) is 45.1. The fourth-order valence-electron chi connectivity index (χ4n) is 0.715. The lowest BCUT2D eigenvalue weighted by molar-refractivity contribution is 0.366. The maximum absolute atomic E-state index is 5.04. The maximum atomic E-state index is 5.04. The molecule has 0 saturated carbocycles. The van der Waals surface area contributed by atoms with Crippen LogP contribution in [0.1, 0.15) is 13.8 Å². The number of hydrogen-bond acceptors (Lipinski definition) is 1. The predicted octanol–water partition coefficient (Wildman–Crippen LogP) is 0.286. The van der Waals surface area contributed by atoms with E-state index < -0.39 is 0 Å². The highest BCUT2D eigenvalue weighted by atomic mass is 16.4. The van der Waals surface area contributed by atoms with E-state index in [4.69, 9.17) is 27.9 Å². The molecule has 0 rings (SSSR count). The van der Waals surface area contributed by atoms with Crippen LogP contribution in [0.3, 0.4) is 0 Å². The monoisotopic (exact) mass is 266 g/mol. The van der Waals surface area contributed by atoms with Crippen LogP contribution in [0.4, 0.5) is 0 Å². The maximum Gasteiger partial charge on any atom is 0.320 e. The Balaban J connectivity index is -0.000000234. The van der Waals surface area contributed by atoms with Gasteiger partial charge in [0, 0.05) is 29.8 Å². The van der Waals surface area contributed by atoms with Gasteiger partial charge in [-0.25, -0.2) is 0 Å². The van der Waals surface area contributed by atoms with Crippen LogP contribution in [0.25, 0.3) is 0 Å². The van der Waals surface area contributed by atoms with Crippen LogP contribution in [0.15, 0.2) is 35.9 Å². The molecule has 0 atom stereocenters. The Bertz CT molecular complexity index is 228. The van der Waals surface area contributed by atoms with Gasteiger partial charge in [0.25, 0.3) is 0 Å². The molecule has 0 unspecified atom stereocenters. The summed E-state index contributed by atoms with van der Waals surface area (Å²) < 4.78 is 4.85. The van der Waals surface area contributed by atoms with Gasteiger partial charge in [0.05, 0.1) is 21.5 Å². The Hall–Kier alpha value is -0.236. The molecular weight excluding hydrogens is 245 g/mol. The normalized spacial score (nSPS) is 9.29. The Kier molecular flexibility index (Phi) is 39.1. The Morgan fingerprint density at radius 1 is 0.810 bits per heavy atom. The molecule has 0 aliphatic rings. The standard InChI is InChI=1S/C4H7B3O.C4H7B3.C3H5B3/c1-2-8-7-4-3-6-5;1-2-6-3-4-7-5;1-5-2-3-6-4/h3-4H,2H2,1H3;3-4H,2H2,1H3;2-3H,1H3/b2*4-3+;3-2+. The van der Waals surface area contributed by atoms with Crippen molar-refractivity contribution in [1.29, 1.82) is 0 Å². The first-order chi connectivity index (χ1) is 10.2. The van der Waals surface area contributed by atoms with E-state index in [0.29, 0.717) is 6.61 Å². The molecule has 10 heteroatoms. The minimum atomic E-state index is 0.703. The van der Waals surface area contributed by atoms with Gasteiger partial charge in [-0.2, -0.15) is 0 Å². The average Bonchev–Trinajstić information content (AvgIpc) is 2.51. The molecule has 0 N–H and O–H groups in total. The van der Waals surface area contributed by atoms with Crippen molar-refractivity contribution in [3.8, 4) is 0 Å². The van der Waals surface area contributed by atoms with Crippen molar-refractivity contribution in [1.82, 2.24) is 0 Å². The lowest BCUT2D eigenvalue weighted by Gasteiger charge is -1.88. The second-order valence-electron chi connectivity index (χ2n) is 3.30. The van der Waals surface area contributed by atoms with E-state index >= 15 is 0 Å². The van der Waals surface area contributed by atoms with Crippen LogP contribution >= 0.6 is 0 Å². The van der Waals surface area contributed by atoms with Gasteiger partial charge >= 0.3 is 7.48 Å². The van der Waals surface area contributed by atoms with Gasteiger partial charge in [-0.05, 0) is 6.92 Å². The molecule has 0 bridgehead atoms. The van der Waals surface area contributed by atoms with Gasteiger partial charge in [0.2, 0.25) is 0 Å². The van der Waals surface area contributed by atoms with E-state index in [0.717, 1.165) is 6.32 Å². The van der Waals surface area contributed by atoms with Crippen molar-refractivity contribution in [2.24, 2.45) is 0 Å². The van der Waals surface area contributed by atoms with Gasteiger partial charge in [0.1, 0.15) is 14.6 Å². The van der Waals surface area contributed by atoms with Gasteiger partial charge in [-0.1, -0.05) is 20.1 Å². The Morgan fingerprint density at radius 3 is 1.71 bits per heavy atom. The Morgan fingerprint density at radius 2 is 1.33 bits per heavy atom.